The zero-order chi connectivity index (χ0) is 23.2. The molecule has 1 amide bonds. The molecule has 0 spiro atoms. The van der Waals surface area contributed by atoms with Crippen LogP contribution in [0.3, 0.4) is 0 Å². The number of esters is 1. The van der Waals surface area contributed by atoms with Crippen molar-refractivity contribution in [3.63, 3.8) is 0 Å². The van der Waals surface area contributed by atoms with Crippen molar-refractivity contribution in [3.8, 4) is 5.75 Å². The summed E-state index contributed by atoms with van der Waals surface area (Å²) in [6, 6.07) is 22.5. The van der Waals surface area contributed by atoms with Gasteiger partial charge in [-0.15, -0.1) is 0 Å². The normalized spacial score (nSPS) is 10.7. The van der Waals surface area contributed by atoms with E-state index in [9.17, 15) is 9.59 Å². The molecular weight excluding hydrogens is 418 g/mol. The van der Waals surface area contributed by atoms with Gasteiger partial charge in [0.2, 0.25) is 5.76 Å². The predicted molar refractivity (Wildman–Crippen MR) is 126 cm³/mol. The van der Waals surface area contributed by atoms with E-state index in [1.165, 1.54) is 0 Å². The number of rotatable bonds is 8. The van der Waals surface area contributed by atoms with Crippen LogP contribution in [0.5, 0.6) is 5.75 Å². The number of carbonyl (C=O) groups is 2. The molecule has 0 saturated heterocycles. The van der Waals surface area contributed by atoms with Crippen molar-refractivity contribution in [1.82, 2.24) is 0 Å². The number of hydrogen-bond donors (Lipinski definition) is 1. The van der Waals surface area contributed by atoms with Crippen LogP contribution in [0.1, 0.15) is 34.2 Å². The molecule has 33 heavy (non-hydrogen) atoms. The van der Waals surface area contributed by atoms with Crippen LogP contribution >= 0.6 is 0 Å². The number of amides is 1. The summed E-state index contributed by atoms with van der Waals surface area (Å²) in [6.45, 7) is 3.65. The maximum atomic E-state index is 12.8. The van der Waals surface area contributed by atoms with Gasteiger partial charge in [0.05, 0.1) is 5.56 Å². The van der Waals surface area contributed by atoms with Crippen LogP contribution in [0.2, 0.25) is 0 Å². The van der Waals surface area contributed by atoms with E-state index in [0.717, 1.165) is 28.6 Å². The standard InChI is InChI=1S/C27H25NO5/c1-3-19-11-9-10-18(2)25(19)28-24(29)17-32-27(30)26-22(16-31-20-12-5-4-6-13-20)21-14-7-8-15-23(21)33-26/h4-15H,3,16-17H2,1-2H3,(H,28,29). The summed E-state index contributed by atoms with van der Waals surface area (Å²) < 4.78 is 16.9. The molecule has 0 saturated carbocycles. The lowest BCUT2D eigenvalue weighted by Crippen LogP contribution is -2.22. The second kappa shape index (κ2) is 10.0. The van der Waals surface area contributed by atoms with Gasteiger partial charge in [0.1, 0.15) is 17.9 Å². The molecule has 0 unspecified atom stereocenters. The number of hydrogen-bond acceptors (Lipinski definition) is 5. The molecule has 0 aliphatic rings. The number of anilines is 1. The highest BCUT2D eigenvalue weighted by Crippen LogP contribution is 2.28. The minimum absolute atomic E-state index is 0.0325. The highest BCUT2D eigenvalue weighted by Gasteiger charge is 2.23. The molecule has 0 bridgehead atoms. The van der Waals surface area contributed by atoms with Crippen molar-refractivity contribution < 1.29 is 23.5 Å². The average molecular weight is 443 g/mol. The fourth-order valence-corrected chi connectivity index (χ4v) is 3.65. The fourth-order valence-electron chi connectivity index (χ4n) is 3.65. The maximum Gasteiger partial charge on any atom is 0.375 e. The molecule has 6 nitrogen and oxygen atoms in total. The van der Waals surface area contributed by atoms with Gasteiger partial charge in [-0.3, -0.25) is 4.79 Å². The third-order valence-corrected chi connectivity index (χ3v) is 5.35. The minimum atomic E-state index is -0.714. The van der Waals surface area contributed by atoms with Gasteiger partial charge >= 0.3 is 5.97 Å². The van der Waals surface area contributed by atoms with E-state index in [1.807, 2.05) is 80.6 Å². The van der Waals surface area contributed by atoms with E-state index in [-0.39, 0.29) is 12.4 Å². The number of benzene rings is 3. The van der Waals surface area contributed by atoms with Gasteiger partial charge in [0, 0.05) is 11.1 Å². The third-order valence-electron chi connectivity index (χ3n) is 5.35. The first-order chi connectivity index (χ1) is 16.1. The van der Waals surface area contributed by atoms with Gasteiger partial charge < -0.3 is 19.2 Å². The Balaban J connectivity index is 1.48. The Morgan fingerprint density at radius 1 is 0.939 bits per heavy atom. The molecular formula is C27H25NO5. The highest BCUT2D eigenvalue weighted by molar-refractivity contribution is 5.98. The molecule has 0 aliphatic carbocycles. The topological polar surface area (TPSA) is 77.8 Å². The largest absolute Gasteiger partial charge is 0.489 e. The van der Waals surface area contributed by atoms with Crippen LogP contribution in [0, 0.1) is 6.92 Å². The van der Waals surface area contributed by atoms with Crippen molar-refractivity contribution in [3.05, 3.63) is 95.2 Å². The van der Waals surface area contributed by atoms with Crippen LogP contribution in [-0.2, 0) is 22.6 Å². The smallest absolute Gasteiger partial charge is 0.375 e. The molecule has 1 heterocycles. The van der Waals surface area contributed by atoms with E-state index < -0.39 is 18.5 Å². The molecule has 0 atom stereocenters. The maximum absolute atomic E-state index is 12.8. The number of ether oxygens (including phenoxy) is 2. The Kier molecular flexibility index (Phi) is 6.74. The number of fused-ring (bicyclic) bond motifs is 1. The predicted octanol–water partition coefficient (Wildman–Crippen LogP) is 5.68. The second-order valence-corrected chi connectivity index (χ2v) is 7.59. The molecule has 168 valence electrons. The first-order valence-corrected chi connectivity index (χ1v) is 10.8. The lowest BCUT2D eigenvalue weighted by atomic mass is 10.1. The van der Waals surface area contributed by atoms with Crippen molar-refractivity contribution in [2.45, 2.75) is 26.9 Å². The molecule has 6 heteroatoms. The van der Waals surface area contributed by atoms with Crippen LogP contribution in [0.15, 0.2) is 77.2 Å². The first kappa shape index (κ1) is 22.1. The number of nitrogens with one attached hydrogen (secondary N) is 1. The van der Waals surface area contributed by atoms with Gasteiger partial charge in [-0.1, -0.05) is 61.5 Å². The monoisotopic (exact) mass is 443 g/mol. The zero-order valence-electron chi connectivity index (χ0n) is 18.6. The van der Waals surface area contributed by atoms with Crippen LogP contribution < -0.4 is 10.1 Å². The number of para-hydroxylation sites is 3. The van der Waals surface area contributed by atoms with E-state index in [4.69, 9.17) is 13.9 Å². The Bertz CT molecular complexity index is 1280. The molecule has 4 rings (SSSR count). The molecule has 0 fully saturated rings. The zero-order valence-corrected chi connectivity index (χ0v) is 18.6. The molecule has 1 N–H and O–H groups in total. The van der Waals surface area contributed by atoms with E-state index in [2.05, 4.69) is 5.32 Å². The minimum Gasteiger partial charge on any atom is -0.489 e. The third kappa shape index (κ3) is 5.06. The Hall–Kier alpha value is -4.06. The fraction of sp³-hybridized carbons (Fsp3) is 0.185. The lowest BCUT2D eigenvalue weighted by Gasteiger charge is -2.13. The molecule has 0 radical (unpaired) electrons. The van der Waals surface area contributed by atoms with E-state index >= 15 is 0 Å². The van der Waals surface area contributed by atoms with Gasteiger partial charge in [0.15, 0.2) is 6.61 Å². The highest BCUT2D eigenvalue weighted by atomic mass is 16.5. The summed E-state index contributed by atoms with van der Waals surface area (Å²) >= 11 is 0. The quantitative estimate of drug-likeness (QED) is 0.355. The first-order valence-electron chi connectivity index (χ1n) is 10.8. The Labute approximate surface area is 192 Å². The lowest BCUT2D eigenvalue weighted by molar-refractivity contribution is -0.119. The van der Waals surface area contributed by atoms with Crippen molar-refractivity contribution in [2.24, 2.45) is 0 Å². The Morgan fingerprint density at radius 3 is 2.48 bits per heavy atom. The second-order valence-electron chi connectivity index (χ2n) is 7.59. The SMILES string of the molecule is CCc1cccc(C)c1NC(=O)COC(=O)c1oc2ccccc2c1COc1ccccc1. The average Bonchev–Trinajstić information content (AvgIpc) is 3.22. The van der Waals surface area contributed by atoms with Gasteiger partial charge in [-0.2, -0.15) is 0 Å². The van der Waals surface area contributed by atoms with Gasteiger partial charge in [0.25, 0.3) is 5.91 Å². The van der Waals surface area contributed by atoms with E-state index in [0.29, 0.717) is 16.9 Å². The number of furan rings is 1. The summed E-state index contributed by atoms with van der Waals surface area (Å²) in [5, 5.41) is 3.61. The summed E-state index contributed by atoms with van der Waals surface area (Å²) in [4.78, 5) is 25.3. The van der Waals surface area contributed by atoms with E-state index in [1.54, 1.807) is 6.07 Å². The number of aryl methyl sites for hydroxylation is 2. The molecule has 1 aromatic heterocycles. The van der Waals surface area contributed by atoms with Crippen LogP contribution in [-0.4, -0.2) is 18.5 Å². The van der Waals surface area contributed by atoms with Crippen LogP contribution in [0.4, 0.5) is 5.69 Å². The van der Waals surface area contributed by atoms with Gasteiger partial charge in [-0.25, -0.2) is 4.79 Å². The van der Waals surface area contributed by atoms with Crippen molar-refractivity contribution in [1.29, 1.82) is 0 Å². The molecule has 3 aromatic carbocycles. The summed E-state index contributed by atoms with van der Waals surface area (Å²) in [7, 11) is 0. The molecule has 0 aliphatic heterocycles. The number of carbonyl (C=O) groups excluding carboxylic acids is 2. The van der Waals surface area contributed by atoms with Gasteiger partial charge in [-0.05, 0) is 42.7 Å². The summed E-state index contributed by atoms with van der Waals surface area (Å²) in [6.07, 6.45) is 0.779. The van der Waals surface area contributed by atoms with Crippen LogP contribution in [0.25, 0.3) is 11.0 Å². The Morgan fingerprint density at radius 2 is 1.70 bits per heavy atom. The summed E-state index contributed by atoms with van der Waals surface area (Å²) in [5.41, 5.74) is 3.85. The van der Waals surface area contributed by atoms with Crippen molar-refractivity contribution >= 4 is 28.5 Å². The summed E-state index contributed by atoms with van der Waals surface area (Å²) in [5.74, 6) is -0.421. The van der Waals surface area contributed by atoms with Crippen molar-refractivity contribution in [2.75, 3.05) is 11.9 Å². The molecule has 4 aromatic rings.